The first-order chi connectivity index (χ1) is 11.8. The second-order valence-corrected chi connectivity index (χ2v) is 6.53. The van der Waals surface area contributed by atoms with Gasteiger partial charge in [-0.2, -0.15) is 8.42 Å². The molecular weight excluding hydrogens is 409 g/mol. The summed E-state index contributed by atoms with van der Waals surface area (Å²) < 4.78 is 35.9. The Bertz CT molecular complexity index is 953. The Kier molecular flexibility index (Phi) is 7.33. The van der Waals surface area contributed by atoms with Gasteiger partial charge in [0.1, 0.15) is 0 Å². The maximum Gasteiger partial charge on any atom is 1.00 e. The molecule has 1 aliphatic heterocycles. The van der Waals surface area contributed by atoms with Crippen molar-refractivity contribution < 1.29 is 73.4 Å². The third kappa shape index (κ3) is 5.11. The monoisotopic (exact) mass is 419 g/mol. The van der Waals surface area contributed by atoms with Crippen molar-refractivity contribution in [1.82, 2.24) is 4.98 Å². The van der Waals surface area contributed by atoms with Gasteiger partial charge in [-0.05, 0) is 30.3 Å². The molecule has 1 amide bonds. The topological polar surface area (TPSA) is 112 Å². The minimum Gasteiger partial charge on any atom is -0.714 e. The molecule has 0 bridgehead atoms. The molecule has 0 aliphatic carbocycles. The third-order valence-electron chi connectivity index (χ3n) is 3.54. The van der Waals surface area contributed by atoms with E-state index in [0.717, 1.165) is 0 Å². The van der Waals surface area contributed by atoms with Crippen LogP contribution in [0.25, 0.3) is 0 Å². The minimum atomic E-state index is -4.96. The van der Waals surface area contributed by atoms with E-state index < -0.39 is 10.4 Å². The standard InChI is InChI=1S/C15H12ClN3O5S.K/c16-11-1-2-12-13(18-24-25(21,22)23)5-8-19(14(12)9-11)15(20)10-3-6-17-7-4-10;/h1-4,6-7,9H,5,8H2,(H,21,22,23);/q;+1/p-1/b18-13-;. The van der Waals surface area contributed by atoms with Gasteiger partial charge >= 0.3 is 51.4 Å². The van der Waals surface area contributed by atoms with Crippen LogP contribution in [0.5, 0.6) is 0 Å². The van der Waals surface area contributed by atoms with Crippen LogP contribution in [-0.2, 0) is 14.7 Å². The van der Waals surface area contributed by atoms with Crippen LogP contribution in [0.1, 0.15) is 22.3 Å². The summed E-state index contributed by atoms with van der Waals surface area (Å²) in [4.78, 5) is 18.1. The zero-order chi connectivity index (χ0) is 18.0. The number of carbonyl (C=O) groups excluding carboxylic acids is 1. The van der Waals surface area contributed by atoms with E-state index in [1.807, 2.05) is 0 Å². The van der Waals surface area contributed by atoms with Crippen LogP contribution < -0.4 is 56.3 Å². The number of anilines is 1. The van der Waals surface area contributed by atoms with Crippen molar-refractivity contribution in [2.45, 2.75) is 6.42 Å². The van der Waals surface area contributed by atoms with E-state index in [0.29, 0.717) is 21.8 Å². The number of pyridine rings is 1. The molecule has 11 heteroatoms. The fraction of sp³-hybridized carbons (Fsp3) is 0.133. The van der Waals surface area contributed by atoms with Gasteiger partial charge in [0.15, 0.2) is 0 Å². The summed E-state index contributed by atoms with van der Waals surface area (Å²) in [6, 6.07) is 7.90. The van der Waals surface area contributed by atoms with Crippen molar-refractivity contribution in [3.05, 3.63) is 58.9 Å². The quantitative estimate of drug-likeness (QED) is 0.272. The van der Waals surface area contributed by atoms with Crippen molar-refractivity contribution in [2.24, 2.45) is 5.16 Å². The van der Waals surface area contributed by atoms with Gasteiger partial charge in [0.25, 0.3) is 16.3 Å². The van der Waals surface area contributed by atoms with E-state index in [1.165, 1.54) is 17.3 Å². The van der Waals surface area contributed by atoms with Gasteiger partial charge in [-0.1, -0.05) is 16.8 Å². The third-order valence-corrected chi connectivity index (χ3v) is 4.04. The Morgan fingerprint density at radius 2 is 1.96 bits per heavy atom. The van der Waals surface area contributed by atoms with Gasteiger partial charge in [-0.25, -0.2) is 0 Å². The molecule has 0 fully saturated rings. The Hall–Kier alpha value is -0.854. The van der Waals surface area contributed by atoms with Crippen LogP contribution in [0, 0.1) is 0 Å². The predicted octanol–water partition coefficient (Wildman–Crippen LogP) is -1.03. The van der Waals surface area contributed by atoms with E-state index >= 15 is 0 Å². The summed E-state index contributed by atoms with van der Waals surface area (Å²) >= 11 is 6.03. The minimum absolute atomic E-state index is 0. The van der Waals surface area contributed by atoms with E-state index in [2.05, 4.69) is 14.4 Å². The van der Waals surface area contributed by atoms with Crippen molar-refractivity contribution in [3.8, 4) is 0 Å². The molecule has 0 saturated carbocycles. The molecule has 0 atom stereocenters. The van der Waals surface area contributed by atoms with Crippen molar-refractivity contribution >= 4 is 39.3 Å². The van der Waals surface area contributed by atoms with Gasteiger partial charge in [0.05, 0.1) is 11.4 Å². The molecule has 3 rings (SSSR count). The number of fused-ring (bicyclic) bond motifs is 1. The van der Waals surface area contributed by atoms with Gasteiger partial charge < -0.3 is 9.45 Å². The molecule has 26 heavy (non-hydrogen) atoms. The second-order valence-electron chi connectivity index (χ2n) is 5.12. The molecule has 0 saturated heterocycles. The summed E-state index contributed by atoms with van der Waals surface area (Å²) in [7, 11) is -4.96. The predicted molar refractivity (Wildman–Crippen MR) is 89.3 cm³/mol. The number of nitrogens with zero attached hydrogens (tertiary/aromatic N) is 3. The Morgan fingerprint density at radius 1 is 1.27 bits per heavy atom. The Morgan fingerprint density at radius 3 is 2.62 bits per heavy atom. The summed E-state index contributed by atoms with van der Waals surface area (Å²) in [5.41, 5.74) is 1.59. The molecule has 130 valence electrons. The fourth-order valence-electron chi connectivity index (χ4n) is 2.49. The number of hydrogen-bond acceptors (Lipinski definition) is 7. The number of hydrogen-bond donors (Lipinski definition) is 0. The number of carbonyl (C=O) groups is 1. The normalized spacial score (nSPS) is 15.2. The van der Waals surface area contributed by atoms with Crippen LogP contribution in [0.3, 0.4) is 0 Å². The zero-order valence-electron chi connectivity index (χ0n) is 13.6. The van der Waals surface area contributed by atoms with Crippen LogP contribution in [-0.4, -0.2) is 36.1 Å². The molecule has 0 spiro atoms. The SMILES string of the molecule is O=C(c1ccncc1)N1CC/C(=N/OS(=O)(=O)[O-])c2ccc(Cl)cc21.[K+]. The van der Waals surface area contributed by atoms with E-state index in [-0.39, 0.29) is 76.0 Å². The average molecular weight is 420 g/mol. The smallest absolute Gasteiger partial charge is 0.714 e. The molecule has 0 N–H and O–H groups in total. The van der Waals surface area contributed by atoms with Crippen molar-refractivity contribution in [2.75, 3.05) is 11.4 Å². The molecule has 2 aromatic rings. The Balaban J connectivity index is 0.00000243. The zero-order valence-corrected chi connectivity index (χ0v) is 18.3. The number of halogens is 1. The number of amides is 1. The number of oxime groups is 1. The first kappa shape index (κ1) is 21.4. The first-order valence-corrected chi connectivity index (χ1v) is 8.79. The molecule has 0 radical (unpaired) electrons. The largest absolute Gasteiger partial charge is 1.00 e. The maximum atomic E-state index is 12.7. The molecule has 1 aromatic heterocycles. The van der Waals surface area contributed by atoms with Gasteiger partial charge in [0, 0.05) is 41.5 Å². The number of benzene rings is 1. The molecule has 1 aromatic carbocycles. The summed E-state index contributed by atoms with van der Waals surface area (Å²) in [5.74, 6) is -0.262. The number of rotatable bonds is 3. The number of aromatic nitrogens is 1. The molecule has 8 nitrogen and oxygen atoms in total. The van der Waals surface area contributed by atoms with Crippen molar-refractivity contribution in [3.63, 3.8) is 0 Å². The second kappa shape index (κ2) is 8.89. The molecule has 0 unspecified atom stereocenters. The first-order valence-electron chi connectivity index (χ1n) is 7.08. The van der Waals surface area contributed by atoms with Gasteiger partial charge in [-0.3, -0.25) is 14.1 Å². The summed E-state index contributed by atoms with van der Waals surface area (Å²) in [6.45, 7) is 0.218. The van der Waals surface area contributed by atoms with E-state index in [4.69, 9.17) is 11.6 Å². The van der Waals surface area contributed by atoms with Crippen LogP contribution >= 0.6 is 11.6 Å². The molecule has 2 heterocycles. The van der Waals surface area contributed by atoms with E-state index in [1.54, 1.807) is 30.3 Å². The summed E-state index contributed by atoms with van der Waals surface area (Å²) in [6.07, 6.45) is 3.23. The average Bonchev–Trinajstić information content (AvgIpc) is 2.59. The van der Waals surface area contributed by atoms with Crippen molar-refractivity contribution in [1.29, 1.82) is 0 Å². The fourth-order valence-corrected chi connectivity index (χ4v) is 2.84. The van der Waals surface area contributed by atoms with Gasteiger partial charge in [-0.15, -0.1) is 0 Å². The molecule has 1 aliphatic rings. The maximum absolute atomic E-state index is 12.7. The molecular formula is C15H11ClKN3O5S. The Labute approximate surface area is 197 Å². The van der Waals surface area contributed by atoms with Gasteiger partial charge in [0.2, 0.25) is 0 Å². The van der Waals surface area contributed by atoms with Crippen LogP contribution in [0.2, 0.25) is 5.02 Å². The summed E-state index contributed by atoms with van der Waals surface area (Å²) in [5, 5.41) is 3.81. The van der Waals surface area contributed by atoms with Crippen LogP contribution in [0.15, 0.2) is 47.9 Å². The van der Waals surface area contributed by atoms with E-state index in [9.17, 15) is 17.8 Å². The van der Waals surface area contributed by atoms with Crippen LogP contribution in [0.4, 0.5) is 5.69 Å².